The van der Waals surface area contributed by atoms with E-state index < -0.39 is 0 Å². The van der Waals surface area contributed by atoms with E-state index in [2.05, 4.69) is 33.1 Å². The van der Waals surface area contributed by atoms with E-state index in [9.17, 15) is 4.39 Å². The van der Waals surface area contributed by atoms with Crippen molar-refractivity contribution in [3.8, 4) is 0 Å². The lowest BCUT2D eigenvalue weighted by molar-refractivity contribution is 0.165. The second kappa shape index (κ2) is 7.36. The number of rotatable bonds is 5. The highest BCUT2D eigenvalue weighted by molar-refractivity contribution is 9.10. The molecule has 1 fully saturated rings. The minimum absolute atomic E-state index is 0.161. The van der Waals surface area contributed by atoms with Crippen LogP contribution < -0.4 is 5.32 Å². The van der Waals surface area contributed by atoms with Gasteiger partial charge in [0.2, 0.25) is 0 Å². The molecule has 106 valence electrons. The Hall–Kier alpha value is -0.450. The van der Waals surface area contributed by atoms with E-state index in [1.54, 1.807) is 6.07 Å². The van der Waals surface area contributed by atoms with Crippen LogP contribution in [-0.2, 0) is 6.54 Å². The number of benzene rings is 1. The average Bonchev–Trinajstić information content (AvgIpc) is 2.35. The van der Waals surface area contributed by atoms with Gasteiger partial charge < -0.3 is 5.32 Å². The smallest absolute Gasteiger partial charge is 0.124 e. The fourth-order valence-electron chi connectivity index (χ4n) is 2.77. The molecule has 0 bridgehead atoms. The molecular weight excluding hydrogens is 307 g/mol. The molecule has 0 spiro atoms. The number of nitrogens with one attached hydrogen (secondary N) is 1. The predicted octanol–water partition coefficient (Wildman–Crippen LogP) is 3.41. The number of likely N-dealkylation sites (tertiary alicyclic amines) is 1. The molecule has 1 unspecified atom stereocenters. The van der Waals surface area contributed by atoms with Gasteiger partial charge in [-0.05, 0) is 62.2 Å². The Balaban J connectivity index is 1.91. The van der Waals surface area contributed by atoms with Crippen LogP contribution in [0.25, 0.3) is 0 Å². The summed E-state index contributed by atoms with van der Waals surface area (Å²) in [6.07, 6.45) is 2.54. The molecule has 1 aliphatic rings. The topological polar surface area (TPSA) is 15.3 Å². The molecule has 0 amide bonds. The SMILES string of the molecule is CCNCC1CCCN(Cc2cc(F)cc(Br)c2)C1. The number of nitrogens with zero attached hydrogens (tertiary/aromatic N) is 1. The molecule has 2 nitrogen and oxygen atoms in total. The monoisotopic (exact) mass is 328 g/mol. The van der Waals surface area contributed by atoms with Gasteiger partial charge in [0, 0.05) is 17.6 Å². The summed E-state index contributed by atoms with van der Waals surface area (Å²) in [5.74, 6) is 0.566. The van der Waals surface area contributed by atoms with Crippen LogP contribution in [-0.4, -0.2) is 31.1 Å². The van der Waals surface area contributed by atoms with E-state index in [1.807, 2.05) is 6.07 Å². The molecule has 1 atom stereocenters. The highest BCUT2D eigenvalue weighted by Crippen LogP contribution is 2.20. The van der Waals surface area contributed by atoms with Gasteiger partial charge in [0.1, 0.15) is 5.82 Å². The molecule has 1 saturated heterocycles. The highest BCUT2D eigenvalue weighted by atomic mass is 79.9. The second-order valence-corrected chi connectivity index (χ2v) is 6.24. The first kappa shape index (κ1) is 14.9. The second-order valence-electron chi connectivity index (χ2n) is 5.33. The summed E-state index contributed by atoms with van der Waals surface area (Å²) in [6, 6.07) is 5.16. The first-order chi connectivity index (χ1) is 9.17. The molecule has 0 aliphatic carbocycles. The number of hydrogen-bond donors (Lipinski definition) is 1. The maximum absolute atomic E-state index is 13.4. The quantitative estimate of drug-likeness (QED) is 0.891. The first-order valence-corrected chi connectivity index (χ1v) is 7.84. The summed E-state index contributed by atoms with van der Waals surface area (Å²) in [5.41, 5.74) is 1.05. The van der Waals surface area contributed by atoms with Crippen molar-refractivity contribution in [2.75, 3.05) is 26.2 Å². The molecule has 1 aliphatic heterocycles. The molecule has 1 N–H and O–H groups in total. The van der Waals surface area contributed by atoms with E-state index in [0.29, 0.717) is 0 Å². The lowest BCUT2D eigenvalue weighted by Gasteiger charge is -2.33. The maximum atomic E-state index is 13.4. The fraction of sp³-hybridized carbons (Fsp3) is 0.600. The van der Waals surface area contributed by atoms with Gasteiger partial charge in [0.15, 0.2) is 0 Å². The average molecular weight is 329 g/mol. The first-order valence-electron chi connectivity index (χ1n) is 7.05. The molecular formula is C15H22BrFN2. The zero-order chi connectivity index (χ0) is 13.7. The Morgan fingerprint density at radius 1 is 1.42 bits per heavy atom. The number of hydrogen-bond acceptors (Lipinski definition) is 2. The molecule has 1 aromatic carbocycles. The van der Waals surface area contributed by atoms with Gasteiger partial charge in [-0.25, -0.2) is 4.39 Å². The van der Waals surface area contributed by atoms with Crippen LogP contribution in [0.2, 0.25) is 0 Å². The standard InChI is InChI=1S/C15H22BrFN2/c1-2-18-9-12-4-3-5-19(10-12)11-13-6-14(16)8-15(17)7-13/h6-8,12,18H,2-5,9-11H2,1H3. The zero-order valence-corrected chi connectivity index (χ0v) is 13.0. The van der Waals surface area contributed by atoms with E-state index in [-0.39, 0.29) is 5.82 Å². The maximum Gasteiger partial charge on any atom is 0.124 e. The Morgan fingerprint density at radius 2 is 2.26 bits per heavy atom. The van der Waals surface area contributed by atoms with Crippen molar-refractivity contribution in [3.05, 3.63) is 34.1 Å². The molecule has 4 heteroatoms. The minimum atomic E-state index is -0.161. The van der Waals surface area contributed by atoms with Gasteiger partial charge in [-0.2, -0.15) is 0 Å². The molecule has 19 heavy (non-hydrogen) atoms. The van der Waals surface area contributed by atoms with Crippen molar-refractivity contribution in [1.82, 2.24) is 10.2 Å². The summed E-state index contributed by atoms with van der Waals surface area (Å²) in [7, 11) is 0. The van der Waals surface area contributed by atoms with E-state index >= 15 is 0 Å². The summed E-state index contributed by atoms with van der Waals surface area (Å²) in [4.78, 5) is 2.44. The number of halogens is 2. The largest absolute Gasteiger partial charge is 0.317 e. The van der Waals surface area contributed by atoms with E-state index in [1.165, 1.54) is 18.9 Å². The normalized spacial score (nSPS) is 20.7. The van der Waals surface area contributed by atoms with Crippen molar-refractivity contribution >= 4 is 15.9 Å². The van der Waals surface area contributed by atoms with Gasteiger partial charge in [0.25, 0.3) is 0 Å². The van der Waals surface area contributed by atoms with Crippen molar-refractivity contribution < 1.29 is 4.39 Å². The molecule has 1 aromatic rings. The van der Waals surface area contributed by atoms with Gasteiger partial charge >= 0.3 is 0 Å². The van der Waals surface area contributed by atoms with Crippen LogP contribution in [0.1, 0.15) is 25.3 Å². The minimum Gasteiger partial charge on any atom is -0.317 e. The lowest BCUT2D eigenvalue weighted by atomic mass is 9.97. The third-order valence-corrected chi connectivity index (χ3v) is 4.07. The van der Waals surface area contributed by atoms with Crippen LogP contribution in [0.3, 0.4) is 0 Å². The van der Waals surface area contributed by atoms with Crippen molar-refractivity contribution in [3.63, 3.8) is 0 Å². The van der Waals surface area contributed by atoms with E-state index in [0.717, 1.165) is 48.7 Å². The van der Waals surface area contributed by atoms with Crippen LogP contribution in [0.15, 0.2) is 22.7 Å². The summed E-state index contributed by atoms with van der Waals surface area (Å²) in [5, 5.41) is 3.43. The molecule has 0 saturated carbocycles. The Bertz CT molecular complexity index is 391. The fourth-order valence-corrected chi connectivity index (χ4v) is 3.28. The Kier molecular flexibility index (Phi) is 5.79. The van der Waals surface area contributed by atoms with Gasteiger partial charge in [0.05, 0.1) is 0 Å². The van der Waals surface area contributed by atoms with Gasteiger partial charge in [-0.3, -0.25) is 4.90 Å². The van der Waals surface area contributed by atoms with Gasteiger partial charge in [-0.1, -0.05) is 22.9 Å². The molecule has 0 radical (unpaired) electrons. The summed E-state index contributed by atoms with van der Waals surface area (Å²) in [6.45, 7) is 7.36. The van der Waals surface area contributed by atoms with Crippen molar-refractivity contribution in [1.29, 1.82) is 0 Å². The zero-order valence-electron chi connectivity index (χ0n) is 11.5. The lowest BCUT2D eigenvalue weighted by Crippen LogP contribution is -2.39. The molecule has 2 rings (SSSR count). The van der Waals surface area contributed by atoms with Crippen molar-refractivity contribution in [2.45, 2.75) is 26.3 Å². The van der Waals surface area contributed by atoms with Crippen LogP contribution in [0.5, 0.6) is 0 Å². The molecule has 1 heterocycles. The van der Waals surface area contributed by atoms with E-state index in [4.69, 9.17) is 0 Å². The Morgan fingerprint density at radius 3 is 3.00 bits per heavy atom. The van der Waals surface area contributed by atoms with Crippen molar-refractivity contribution in [2.24, 2.45) is 5.92 Å². The third kappa shape index (κ3) is 4.86. The summed E-state index contributed by atoms with van der Waals surface area (Å²) < 4.78 is 14.2. The molecule has 0 aromatic heterocycles. The Labute approximate surface area is 123 Å². The van der Waals surface area contributed by atoms with Crippen LogP contribution in [0, 0.1) is 11.7 Å². The van der Waals surface area contributed by atoms with Gasteiger partial charge in [-0.15, -0.1) is 0 Å². The summed E-state index contributed by atoms with van der Waals surface area (Å²) >= 11 is 3.36. The highest BCUT2D eigenvalue weighted by Gasteiger charge is 2.19. The predicted molar refractivity (Wildman–Crippen MR) is 80.6 cm³/mol. The van der Waals surface area contributed by atoms with Crippen LogP contribution >= 0.6 is 15.9 Å². The number of piperidine rings is 1. The third-order valence-electron chi connectivity index (χ3n) is 3.61. The van der Waals surface area contributed by atoms with Crippen LogP contribution in [0.4, 0.5) is 4.39 Å².